The smallest absolute Gasteiger partial charge is 0.358 e. The van der Waals surface area contributed by atoms with E-state index in [4.69, 9.17) is 0 Å². The van der Waals surface area contributed by atoms with Gasteiger partial charge in [0, 0.05) is 11.6 Å². The Bertz CT molecular complexity index is 895. The number of carbonyl (C=O) groups excluding carboxylic acids is 1. The van der Waals surface area contributed by atoms with Gasteiger partial charge >= 0.3 is 5.82 Å². The molecule has 2 fully saturated rings. The van der Waals surface area contributed by atoms with Crippen LogP contribution >= 0.6 is 15.9 Å². The zero-order chi connectivity index (χ0) is 19.8. The molecule has 8 heteroatoms. The lowest BCUT2D eigenvalue weighted by molar-refractivity contribution is -0.390. The van der Waals surface area contributed by atoms with Crippen LogP contribution in [0.3, 0.4) is 0 Å². The second kappa shape index (κ2) is 7.66. The molecule has 1 heterocycles. The van der Waals surface area contributed by atoms with Gasteiger partial charge in [-0.15, -0.1) is 0 Å². The lowest BCUT2D eigenvalue weighted by Gasteiger charge is -2.28. The van der Waals surface area contributed by atoms with Crippen LogP contribution in [0.2, 0.25) is 0 Å². The van der Waals surface area contributed by atoms with E-state index in [1.807, 2.05) is 12.1 Å². The molecule has 2 bridgehead atoms. The van der Waals surface area contributed by atoms with E-state index >= 15 is 0 Å². The molecule has 2 aliphatic carbocycles. The minimum atomic E-state index is -0.522. The summed E-state index contributed by atoms with van der Waals surface area (Å²) < 4.78 is 1.86. The van der Waals surface area contributed by atoms with Crippen molar-refractivity contribution in [3.63, 3.8) is 0 Å². The van der Waals surface area contributed by atoms with Crippen LogP contribution in [-0.4, -0.2) is 26.7 Å². The Kier molecular flexibility index (Phi) is 5.23. The molecule has 0 spiro atoms. The number of hydrogen-bond donors (Lipinski definition) is 1. The first-order chi connectivity index (χ1) is 13.4. The molecule has 2 saturated carbocycles. The van der Waals surface area contributed by atoms with Crippen LogP contribution in [0.4, 0.5) is 5.82 Å². The summed E-state index contributed by atoms with van der Waals surface area (Å²) in [6.07, 6.45) is 6.83. The molecule has 1 aromatic heterocycles. The number of benzene rings is 1. The van der Waals surface area contributed by atoms with Gasteiger partial charge in [-0.3, -0.25) is 4.79 Å². The second-order valence-electron chi connectivity index (χ2n) is 8.05. The Morgan fingerprint density at radius 1 is 1.36 bits per heavy atom. The number of nitro groups is 1. The number of halogens is 1. The van der Waals surface area contributed by atoms with Crippen LogP contribution in [0.5, 0.6) is 0 Å². The van der Waals surface area contributed by atoms with Gasteiger partial charge in [0.2, 0.25) is 0 Å². The van der Waals surface area contributed by atoms with Gasteiger partial charge in [0.15, 0.2) is 0 Å². The molecule has 0 aliphatic heterocycles. The van der Waals surface area contributed by atoms with Crippen molar-refractivity contribution in [2.45, 2.75) is 45.2 Å². The maximum Gasteiger partial charge on any atom is 0.404 e. The van der Waals surface area contributed by atoms with E-state index in [0.29, 0.717) is 22.5 Å². The van der Waals surface area contributed by atoms with Crippen molar-refractivity contribution in [2.75, 3.05) is 0 Å². The fourth-order valence-electron chi connectivity index (χ4n) is 4.84. The third kappa shape index (κ3) is 3.83. The quantitative estimate of drug-likeness (QED) is 0.532. The van der Waals surface area contributed by atoms with Crippen LogP contribution in [0, 0.1) is 27.9 Å². The van der Waals surface area contributed by atoms with Crippen molar-refractivity contribution < 1.29 is 9.72 Å². The molecule has 4 atom stereocenters. The SMILES string of the molecule is C[C@@H](NC(=O)c1ccc(Cn2cc(Br)c([N+](=O)[O-])n2)cc1)[C@H]1C[C@H]2CC[C@H]1C2. The summed E-state index contributed by atoms with van der Waals surface area (Å²) in [6, 6.07) is 7.51. The molecule has 1 N–H and O–H groups in total. The highest BCUT2D eigenvalue weighted by Gasteiger charge is 2.42. The maximum atomic E-state index is 12.6. The van der Waals surface area contributed by atoms with Gasteiger partial charge in [0.05, 0.1) is 17.8 Å². The number of rotatable bonds is 6. The predicted octanol–water partition coefficient (Wildman–Crippen LogP) is 4.16. The summed E-state index contributed by atoms with van der Waals surface area (Å²) in [5.74, 6) is 2.01. The highest BCUT2D eigenvalue weighted by atomic mass is 79.9. The highest BCUT2D eigenvalue weighted by Crippen LogP contribution is 2.49. The minimum absolute atomic E-state index is 0.0423. The number of nitrogens with one attached hydrogen (secondary N) is 1. The largest absolute Gasteiger partial charge is 0.404 e. The number of carbonyl (C=O) groups is 1. The monoisotopic (exact) mass is 446 g/mol. The Morgan fingerprint density at radius 2 is 2.11 bits per heavy atom. The van der Waals surface area contributed by atoms with Crippen molar-refractivity contribution in [3.05, 3.63) is 56.2 Å². The van der Waals surface area contributed by atoms with Crippen molar-refractivity contribution in [1.29, 1.82) is 0 Å². The Hall–Kier alpha value is -2.22. The van der Waals surface area contributed by atoms with Crippen molar-refractivity contribution in [1.82, 2.24) is 15.1 Å². The van der Waals surface area contributed by atoms with Crippen molar-refractivity contribution in [2.24, 2.45) is 17.8 Å². The Morgan fingerprint density at radius 3 is 2.68 bits per heavy atom. The molecule has 148 valence electrons. The molecule has 7 nitrogen and oxygen atoms in total. The Labute approximate surface area is 171 Å². The van der Waals surface area contributed by atoms with E-state index in [2.05, 4.69) is 33.3 Å². The van der Waals surface area contributed by atoms with E-state index in [9.17, 15) is 14.9 Å². The molecule has 28 heavy (non-hydrogen) atoms. The standard InChI is InChI=1S/C20H23BrN4O3/c1-12(17-9-14-4-7-16(17)8-14)22-20(26)15-5-2-13(3-6-15)10-24-11-18(21)19(23-24)25(27)28/h2-3,5-6,11-12,14,16-17H,4,7-10H2,1H3,(H,22,26)/t12-,14+,16+,17-/m1/s1. The first-order valence-corrected chi connectivity index (χ1v) is 10.5. The number of aromatic nitrogens is 2. The summed E-state index contributed by atoms with van der Waals surface area (Å²) in [5.41, 5.74) is 1.55. The number of amides is 1. The summed E-state index contributed by atoms with van der Waals surface area (Å²) >= 11 is 3.15. The van der Waals surface area contributed by atoms with Crippen molar-refractivity contribution in [3.8, 4) is 0 Å². The van der Waals surface area contributed by atoms with Gasteiger partial charge in [0.1, 0.15) is 4.47 Å². The summed E-state index contributed by atoms with van der Waals surface area (Å²) in [4.78, 5) is 23.0. The number of hydrogen-bond acceptors (Lipinski definition) is 4. The van der Waals surface area contributed by atoms with Crippen LogP contribution in [0.1, 0.15) is 48.5 Å². The molecule has 0 radical (unpaired) electrons. The molecule has 0 unspecified atom stereocenters. The summed E-state index contributed by atoms with van der Waals surface area (Å²) in [7, 11) is 0. The molecular formula is C20H23BrN4O3. The minimum Gasteiger partial charge on any atom is -0.358 e. The highest BCUT2D eigenvalue weighted by molar-refractivity contribution is 9.10. The third-order valence-corrected chi connectivity index (χ3v) is 6.79. The average Bonchev–Trinajstić information content (AvgIpc) is 3.38. The zero-order valence-electron chi connectivity index (χ0n) is 15.7. The molecule has 1 aromatic carbocycles. The molecule has 0 saturated heterocycles. The fourth-order valence-corrected chi connectivity index (χ4v) is 5.30. The molecule has 2 aromatic rings. The lowest BCUT2D eigenvalue weighted by atomic mass is 9.84. The second-order valence-corrected chi connectivity index (χ2v) is 8.91. The van der Waals surface area contributed by atoms with Crippen LogP contribution < -0.4 is 5.32 Å². The number of nitrogens with zero attached hydrogens (tertiary/aromatic N) is 3. The maximum absolute atomic E-state index is 12.6. The molecule has 2 aliphatic rings. The van der Waals surface area contributed by atoms with Crippen LogP contribution in [0.15, 0.2) is 34.9 Å². The summed E-state index contributed by atoms with van der Waals surface area (Å²) in [6.45, 7) is 2.52. The zero-order valence-corrected chi connectivity index (χ0v) is 17.3. The van der Waals surface area contributed by atoms with E-state index in [1.165, 1.54) is 30.4 Å². The molecule has 4 rings (SSSR count). The van der Waals surface area contributed by atoms with E-state index < -0.39 is 4.92 Å². The third-order valence-electron chi connectivity index (χ3n) is 6.23. The van der Waals surface area contributed by atoms with Crippen molar-refractivity contribution >= 4 is 27.7 Å². The topological polar surface area (TPSA) is 90.1 Å². The van der Waals surface area contributed by atoms with Crippen LogP contribution in [0.25, 0.3) is 0 Å². The first-order valence-electron chi connectivity index (χ1n) is 9.68. The first kappa shape index (κ1) is 19.1. The number of fused-ring (bicyclic) bond motifs is 2. The fraction of sp³-hybridized carbons (Fsp3) is 0.500. The normalized spacial score (nSPS) is 24.3. The van der Waals surface area contributed by atoms with E-state index in [-0.39, 0.29) is 17.8 Å². The molecule has 1 amide bonds. The van der Waals surface area contributed by atoms with E-state index in [0.717, 1.165) is 17.4 Å². The van der Waals surface area contributed by atoms with Gasteiger partial charge in [0.25, 0.3) is 5.91 Å². The Balaban J connectivity index is 1.36. The van der Waals surface area contributed by atoms with Gasteiger partial charge in [-0.1, -0.05) is 18.6 Å². The lowest BCUT2D eigenvalue weighted by Crippen LogP contribution is -2.40. The van der Waals surface area contributed by atoms with Gasteiger partial charge in [-0.2, -0.15) is 4.68 Å². The molecular weight excluding hydrogens is 424 g/mol. The summed E-state index contributed by atoms with van der Waals surface area (Å²) in [5, 5.41) is 18.0. The van der Waals surface area contributed by atoms with Gasteiger partial charge in [-0.25, -0.2) is 0 Å². The van der Waals surface area contributed by atoms with Gasteiger partial charge in [-0.05, 0) is 82.5 Å². The van der Waals surface area contributed by atoms with Crippen LogP contribution in [-0.2, 0) is 6.54 Å². The van der Waals surface area contributed by atoms with E-state index in [1.54, 1.807) is 18.3 Å². The van der Waals surface area contributed by atoms with Gasteiger partial charge < -0.3 is 15.4 Å². The average molecular weight is 447 g/mol. The predicted molar refractivity (Wildman–Crippen MR) is 108 cm³/mol.